The maximum atomic E-state index is 8.59. The van der Waals surface area contributed by atoms with E-state index in [4.69, 9.17) is 27.3 Å². The summed E-state index contributed by atoms with van der Waals surface area (Å²) in [5.41, 5.74) is 8.90. The SMILES string of the molecule is COc1cc(C)c(Cl)c(C)c1C(N)CCC#N. The summed E-state index contributed by atoms with van der Waals surface area (Å²) >= 11 is 6.21. The fourth-order valence-electron chi connectivity index (χ4n) is 1.93. The number of rotatable bonds is 4. The topological polar surface area (TPSA) is 59.0 Å². The van der Waals surface area contributed by atoms with E-state index in [1.165, 1.54) is 0 Å². The second-order valence-corrected chi connectivity index (χ2v) is 4.43. The highest BCUT2D eigenvalue weighted by Crippen LogP contribution is 2.36. The van der Waals surface area contributed by atoms with Gasteiger partial charge in [-0.3, -0.25) is 0 Å². The first-order valence-corrected chi connectivity index (χ1v) is 5.86. The average Bonchev–Trinajstić information content (AvgIpc) is 2.32. The molecule has 0 bridgehead atoms. The van der Waals surface area contributed by atoms with Crippen molar-refractivity contribution in [2.24, 2.45) is 5.73 Å². The number of nitrogens with two attached hydrogens (primary N) is 1. The zero-order valence-electron chi connectivity index (χ0n) is 10.4. The Hall–Kier alpha value is -1.24. The maximum absolute atomic E-state index is 8.59. The Kier molecular flexibility index (Phi) is 4.80. The number of hydrogen-bond donors (Lipinski definition) is 1. The van der Waals surface area contributed by atoms with Gasteiger partial charge >= 0.3 is 0 Å². The molecule has 17 heavy (non-hydrogen) atoms. The molecular weight excluding hydrogens is 236 g/mol. The number of benzene rings is 1. The molecule has 0 aliphatic rings. The van der Waals surface area contributed by atoms with Crippen LogP contribution in [0.5, 0.6) is 5.75 Å². The van der Waals surface area contributed by atoms with Gasteiger partial charge in [-0.2, -0.15) is 5.26 Å². The molecule has 0 fully saturated rings. The highest BCUT2D eigenvalue weighted by atomic mass is 35.5. The molecule has 0 radical (unpaired) electrons. The van der Waals surface area contributed by atoms with Crippen molar-refractivity contribution in [2.45, 2.75) is 32.7 Å². The standard InChI is InChI=1S/C13H17ClN2O/c1-8-7-11(17-3)12(9(2)13(8)14)10(16)5-4-6-15/h7,10H,4-5,16H2,1-3H3. The number of halogens is 1. The summed E-state index contributed by atoms with van der Waals surface area (Å²) in [4.78, 5) is 0. The summed E-state index contributed by atoms with van der Waals surface area (Å²) in [5, 5.41) is 9.31. The van der Waals surface area contributed by atoms with Crippen molar-refractivity contribution in [1.82, 2.24) is 0 Å². The molecule has 2 N–H and O–H groups in total. The summed E-state index contributed by atoms with van der Waals surface area (Å²) in [7, 11) is 1.61. The van der Waals surface area contributed by atoms with Gasteiger partial charge in [0, 0.05) is 23.0 Å². The van der Waals surface area contributed by atoms with Gasteiger partial charge in [-0.25, -0.2) is 0 Å². The predicted molar refractivity (Wildman–Crippen MR) is 69.3 cm³/mol. The average molecular weight is 253 g/mol. The molecule has 0 spiro atoms. The maximum Gasteiger partial charge on any atom is 0.124 e. The third-order valence-electron chi connectivity index (χ3n) is 2.85. The number of nitrogens with zero attached hydrogens (tertiary/aromatic N) is 1. The molecule has 0 heterocycles. The zero-order chi connectivity index (χ0) is 13.0. The fraction of sp³-hybridized carbons (Fsp3) is 0.462. The molecule has 92 valence electrons. The summed E-state index contributed by atoms with van der Waals surface area (Å²) in [6.45, 7) is 3.86. The Bertz CT molecular complexity index is 452. The quantitative estimate of drug-likeness (QED) is 0.895. The molecular formula is C13H17ClN2O. The van der Waals surface area contributed by atoms with Gasteiger partial charge in [0.1, 0.15) is 5.75 Å². The van der Waals surface area contributed by atoms with Gasteiger partial charge in [-0.05, 0) is 37.5 Å². The molecule has 0 aliphatic heterocycles. The minimum Gasteiger partial charge on any atom is -0.496 e. The highest BCUT2D eigenvalue weighted by Gasteiger charge is 2.18. The van der Waals surface area contributed by atoms with Crippen molar-refractivity contribution in [1.29, 1.82) is 5.26 Å². The van der Waals surface area contributed by atoms with Gasteiger partial charge < -0.3 is 10.5 Å². The van der Waals surface area contributed by atoms with Crippen LogP contribution >= 0.6 is 11.6 Å². The van der Waals surface area contributed by atoms with Gasteiger partial charge in [-0.1, -0.05) is 11.6 Å². The van der Waals surface area contributed by atoms with E-state index in [1.807, 2.05) is 19.9 Å². The molecule has 3 nitrogen and oxygen atoms in total. The van der Waals surface area contributed by atoms with Crippen LogP contribution in [0.15, 0.2) is 6.07 Å². The number of methoxy groups -OCH3 is 1. The van der Waals surface area contributed by atoms with Crippen LogP contribution in [0.4, 0.5) is 0 Å². The molecule has 0 saturated carbocycles. The van der Waals surface area contributed by atoms with Crippen molar-refractivity contribution in [3.8, 4) is 11.8 Å². The lowest BCUT2D eigenvalue weighted by molar-refractivity contribution is 0.403. The van der Waals surface area contributed by atoms with Crippen molar-refractivity contribution in [2.75, 3.05) is 7.11 Å². The lowest BCUT2D eigenvalue weighted by atomic mass is 9.95. The minimum absolute atomic E-state index is 0.220. The van der Waals surface area contributed by atoms with Crippen LogP contribution in [0.25, 0.3) is 0 Å². The van der Waals surface area contributed by atoms with E-state index in [2.05, 4.69) is 6.07 Å². The lowest BCUT2D eigenvalue weighted by Gasteiger charge is -2.19. The van der Waals surface area contributed by atoms with Crippen molar-refractivity contribution >= 4 is 11.6 Å². The summed E-state index contributed by atoms with van der Waals surface area (Å²) in [6.07, 6.45) is 1.03. The third kappa shape index (κ3) is 2.91. The molecule has 4 heteroatoms. The number of nitriles is 1. The van der Waals surface area contributed by atoms with E-state index in [0.717, 1.165) is 22.4 Å². The first-order valence-electron chi connectivity index (χ1n) is 5.49. The Balaban J connectivity index is 3.21. The van der Waals surface area contributed by atoms with E-state index >= 15 is 0 Å². The molecule has 0 saturated heterocycles. The fourth-order valence-corrected chi connectivity index (χ4v) is 2.09. The van der Waals surface area contributed by atoms with Crippen LogP contribution in [0.1, 0.15) is 35.6 Å². The number of aryl methyl sites for hydroxylation is 1. The molecule has 1 rings (SSSR count). The lowest BCUT2D eigenvalue weighted by Crippen LogP contribution is -2.13. The Morgan fingerprint density at radius 2 is 2.18 bits per heavy atom. The van der Waals surface area contributed by atoms with E-state index < -0.39 is 0 Å². The third-order valence-corrected chi connectivity index (χ3v) is 3.43. The van der Waals surface area contributed by atoms with Crippen molar-refractivity contribution < 1.29 is 4.74 Å². The number of ether oxygens (including phenoxy) is 1. The Morgan fingerprint density at radius 1 is 1.53 bits per heavy atom. The minimum atomic E-state index is -0.220. The van der Waals surface area contributed by atoms with Crippen LogP contribution in [0, 0.1) is 25.2 Å². The smallest absolute Gasteiger partial charge is 0.124 e. The summed E-state index contributed by atoms with van der Waals surface area (Å²) in [5.74, 6) is 0.745. The largest absolute Gasteiger partial charge is 0.496 e. The van der Waals surface area contributed by atoms with Crippen LogP contribution in [-0.2, 0) is 0 Å². The van der Waals surface area contributed by atoms with Crippen molar-refractivity contribution in [3.63, 3.8) is 0 Å². The van der Waals surface area contributed by atoms with Crippen molar-refractivity contribution in [3.05, 3.63) is 27.8 Å². The van der Waals surface area contributed by atoms with Gasteiger partial charge in [0.2, 0.25) is 0 Å². The summed E-state index contributed by atoms with van der Waals surface area (Å²) in [6, 6.07) is 3.76. The van der Waals surface area contributed by atoms with Crippen LogP contribution in [0.2, 0.25) is 5.02 Å². The number of hydrogen-bond acceptors (Lipinski definition) is 3. The summed E-state index contributed by atoms with van der Waals surface area (Å²) < 4.78 is 5.34. The normalized spacial score (nSPS) is 12.0. The van der Waals surface area contributed by atoms with E-state index in [-0.39, 0.29) is 6.04 Å². The molecule has 1 atom stereocenters. The van der Waals surface area contributed by atoms with Crippen LogP contribution in [0.3, 0.4) is 0 Å². The zero-order valence-corrected chi connectivity index (χ0v) is 11.1. The van der Waals surface area contributed by atoms with Gasteiger partial charge in [0.15, 0.2) is 0 Å². The Labute approximate surface area is 107 Å². The van der Waals surface area contributed by atoms with Gasteiger partial charge in [0.25, 0.3) is 0 Å². The molecule has 1 aromatic carbocycles. The second kappa shape index (κ2) is 5.90. The Morgan fingerprint density at radius 3 is 2.71 bits per heavy atom. The molecule has 0 aromatic heterocycles. The van der Waals surface area contributed by atoms with Gasteiger partial charge in [0.05, 0.1) is 13.2 Å². The van der Waals surface area contributed by atoms with Gasteiger partial charge in [-0.15, -0.1) is 0 Å². The highest BCUT2D eigenvalue weighted by molar-refractivity contribution is 6.32. The van der Waals surface area contributed by atoms with E-state index in [1.54, 1.807) is 7.11 Å². The first-order chi connectivity index (χ1) is 8.02. The molecule has 0 amide bonds. The van der Waals surface area contributed by atoms with E-state index in [0.29, 0.717) is 17.9 Å². The molecule has 1 aromatic rings. The first kappa shape index (κ1) is 13.8. The van der Waals surface area contributed by atoms with E-state index in [9.17, 15) is 0 Å². The second-order valence-electron chi connectivity index (χ2n) is 4.05. The molecule has 1 unspecified atom stereocenters. The monoisotopic (exact) mass is 252 g/mol. The predicted octanol–water partition coefficient (Wildman–Crippen LogP) is 3.27. The molecule has 0 aliphatic carbocycles. The van der Waals surface area contributed by atoms with Crippen LogP contribution < -0.4 is 10.5 Å². The van der Waals surface area contributed by atoms with Crippen LogP contribution in [-0.4, -0.2) is 7.11 Å².